The van der Waals surface area contributed by atoms with Gasteiger partial charge in [0.25, 0.3) is 0 Å². The van der Waals surface area contributed by atoms with Gasteiger partial charge in [-0.1, -0.05) is 66.7 Å². The molecule has 1 fully saturated rings. The van der Waals surface area contributed by atoms with E-state index in [2.05, 4.69) is 66.7 Å². The molecule has 1 heteroatoms. The summed E-state index contributed by atoms with van der Waals surface area (Å²) >= 11 is 0. The van der Waals surface area contributed by atoms with E-state index in [9.17, 15) is 0 Å². The van der Waals surface area contributed by atoms with Gasteiger partial charge in [-0.05, 0) is 27.5 Å². The minimum absolute atomic E-state index is 0.0339. The van der Waals surface area contributed by atoms with E-state index in [1.807, 2.05) is 0 Å². The first-order valence-corrected chi connectivity index (χ1v) is 7.56. The largest absolute Gasteiger partial charge is 0.368 e. The van der Waals surface area contributed by atoms with E-state index < -0.39 is 0 Å². The van der Waals surface area contributed by atoms with Crippen LogP contribution in [0.25, 0.3) is 10.8 Å². The van der Waals surface area contributed by atoms with E-state index in [0.29, 0.717) is 5.92 Å². The normalized spacial score (nSPS) is 26.2. The summed E-state index contributed by atoms with van der Waals surface area (Å²) in [6.45, 7) is 0.888. The van der Waals surface area contributed by atoms with E-state index in [0.717, 1.165) is 13.0 Å². The molecule has 0 bridgehead atoms. The third-order valence-corrected chi connectivity index (χ3v) is 5.00. The molecular formula is C20H16O. The summed E-state index contributed by atoms with van der Waals surface area (Å²) < 4.78 is 5.92. The second kappa shape index (κ2) is 3.96. The number of benzene rings is 3. The van der Waals surface area contributed by atoms with E-state index in [1.54, 1.807) is 0 Å². The fourth-order valence-electron chi connectivity index (χ4n) is 3.92. The summed E-state index contributed by atoms with van der Waals surface area (Å²) in [6.07, 6.45) is 1.06. The van der Waals surface area contributed by atoms with Crippen molar-refractivity contribution >= 4 is 10.8 Å². The highest BCUT2D eigenvalue weighted by Gasteiger charge is 2.57. The Kier molecular flexibility index (Phi) is 2.17. The quantitative estimate of drug-likeness (QED) is 0.602. The molecule has 2 atom stereocenters. The number of hydrogen-bond donors (Lipinski definition) is 0. The van der Waals surface area contributed by atoms with Crippen LogP contribution >= 0.6 is 0 Å². The lowest BCUT2D eigenvalue weighted by atomic mass is 9.85. The minimum atomic E-state index is 0.0339. The first kappa shape index (κ1) is 11.5. The van der Waals surface area contributed by atoms with Gasteiger partial charge in [0.05, 0.1) is 6.61 Å². The Bertz CT molecular complexity index is 845. The van der Waals surface area contributed by atoms with Crippen LogP contribution in [-0.4, -0.2) is 12.2 Å². The third-order valence-electron chi connectivity index (χ3n) is 5.00. The molecule has 1 aliphatic heterocycles. The van der Waals surface area contributed by atoms with Gasteiger partial charge in [0, 0.05) is 12.3 Å². The summed E-state index contributed by atoms with van der Waals surface area (Å²) in [7, 11) is 0. The standard InChI is InChI=1S/C20H16O/c1-2-6-15-11-16(10-9-14(15)5-1)19-18-8-4-3-7-17(18)12-20(19)13-21-20/h1-11,19H,12-13H2/t19-,20+/m1/s1. The summed E-state index contributed by atoms with van der Waals surface area (Å²) in [5, 5.41) is 2.62. The number of fused-ring (bicyclic) bond motifs is 2. The van der Waals surface area contributed by atoms with Crippen LogP contribution in [-0.2, 0) is 11.2 Å². The van der Waals surface area contributed by atoms with Crippen LogP contribution in [0, 0.1) is 0 Å². The smallest absolute Gasteiger partial charge is 0.106 e. The predicted molar refractivity (Wildman–Crippen MR) is 84.6 cm³/mol. The second-order valence-electron chi connectivity index (χ2n) is 6.27. The van der Waals surface area contributed by atoms with Crippen molar-refractivity contribution in [3.05, 3.63) is 83.4 Å². The molecule has 21 heavy (non-hydrogen) atoms. The number of rotatable bonds is 1. The molecule has 102 valence electrons. The van der Waals surface area contributed by atoms with Crippen molar-refractivity contribution < 1.29 is 4.74 Å². The molecule has 3 aromatic carbocycles. The molecule has 1 aliphatic carbocycles. The molecular weight excluding hydrogens is 256 g/mol. The van der Waals surface area contributed by atoms with E-state index in [-0.39, 0.29) is 5.60 Å². The second-order valence-corrected chi connectivity index (χ2v) is 6.27. The van der Waals surface area contributed by atoms with Gasteiger partial charge in [0.15, 0.2) is 0 Å². The van der Waals surface area contributed by atoms with Gasteiger partial charge in [-0.3, -0.25) is 0 Å². The fourth-order valence-corrected chi connectivity index (χ4v) is 3.92. The van der Waals surface area contributed by atoms with Crippen molar-refractivity contribution in [2.45, 2.75) is 17.9 Å². The zero-order chi connectivity index (χ0) is 13.9. The Labute approximate surface area is 124 Å². The van der Waals surface area contributed by atoms with Crippen LogP contribution in [0.15, 0.2) is 66.7 Å². The molecule has 1 heterocycles. The molecule has 0 aromatic heterocycles. The van der Waals surface area contributed by atoms with Crippen molar-refractivity contribution in [2.75, 3.05) is 6.61 Å². The average molecular weight is 272 g/mol. The van der Waals surface area contributed by atoms with Gasteiger partial charge in [0.2, 0.25) is 0 Å². The maximum atomic E-state index is 5.92. The van der Waals surface area contributed by atoms with Crippen LogP contribution in [0.2, 0.25) is 0 Å². The zero-order valence-corrected chi connectivity index (χ0v) is 11.8. The molecule has 1 spiro atoms. The van der Waals surface area contributed by atoms with Crippen molar-refractivity contribution in [3.8, 4) is 0 Å². The molecule has 0 radical (unpaired) electrons. The van der Waals surface area contributed by atoms with Gasteiger partial charge >= 0.3 is 0 Å². The lowest BCUT2D eigenvalue weighted by Crippen LogP contribution is -2.18. The van der Waals surface area contributed by atoms with E-state index in [4.69, 9.17) is 4.74 Å². The van der Waals surface area contributed by atoms with Crippen LogP contribution in [0.5, 0.6) is 0 Å². The summed E-state index contributed by atoms with van der Waals surface area (Å²) in [5.41, 5.74) is 4.32. The maximum Gasteiger partial charge on any atom is 0.106 e. The third kappa shape index (κ3) is 1.61. The topological polar surface area (TPSA) is 12.5 Å². The predicted octanol–water partition coefficient (Wildman–Crippen LogP) is 4.30. The molecule has 5 rings (SSSR count). The fraction of sp³-hybridized carbons (Fsp3) is 0.200. The van der Waals surface area contributed by atoms with Gasteiger partial charge in [-0.25, -0.2) is 0 Å². The van der Waals surface area contributed by atoms with Gasteiger partial charge in [-0.2, -0.15) is 0 Å². The highest BCUT2D eigenvalue weighted by Crippen LogP contribution is 2.54. The van der Waals surface area contributed by atoms with Gasteiger partial charge in [0.1, 0.15) is 5.60 Å². The molecule has 0 amide bonds. The molecule has 2 aliphatic rings. The summed E-state index contributed by atoms with van der Waals surface area (Å²) in [6, 6.07) is 24.2. The molecule has 1 nitrogen and oxygen atoms in total. The Hall–Kier alpha value is -2.12. The Balaban J connectivity index is 1.71. The molecule has 3 aromatic rings. The van der Waals surface area contributed by atoms with Crippen molar-refractivity contribution in [1.29, 1.82) is 0 Å². The lowest BCUT2D eigenvalue weighted by molar-refractivity contribution is 0.293. The van der Waals surface area contributed by atoms with E-state index in [1.165, 1.54) is 27.5 Å². The SMILES string of the molecule is c1ccc2c(c1)C[C@]1(CO1)[C@@H]2c1ccc2ccccc2c1. The first-order valence-electron chi connectivity index (χ1n) is 7.56. The van der Waals surface area contributed by atoms with Crippen LogP contribution in [0.4, 0.5) is 0 Å². The highest BCUT2D eigenvalue weighted by atomic mass is 16.6. The van der Waals surface area contributed by atoms with Crippen molar-refractivity contribution in [3.63, 3.8) is 0 Å². The molecule has 0 N–H and O–H groups in total. The highest BCUT2D eigenvalue weighted by molar-refractivity contribution is 5.83. The zero-order valence-electron chi connectivity index (χ0n) is 11.8. The van der Waals surface area contributed by atoms with Gasteiger partial charge < -0.3 is 4.74 Å². The average Bonchev–Trinajstić information content (AvgIpc) is 3.20. The van der Waals surface area contributed by atoms with Crippen molar-refractivity contribution in [1.82, 2.24) is 0 Å². The van der Waals surface area contributed by atoms with E-state index >= 15 is 0 Å². The first-order chi connectivity index (χ1) is 10.4. The lowest BCUT2D eigenvalue weighted by Gasteiger charge is -2.18. The summed E-state index contributed by atoms with van der Waals surface area (Å²) in [5.74, 6) is 0.387. The van der Waals surface area contributed by atoms with Crippen LogP contribution in [0.1, 0.15) is 22.6 Å². The van der Waals surface area contributed by atoms with Crippen LogP contribution < -0.4 is 0 Å². The number of epoxide rings is 1. The Morgan fingerprint density at radius 2 is 1.62 bits per heavy atom. The van der Waals surface area contributed by atoms with Gasteiger partial charge in [-0.15, -0.1) is 0 Å². The number of hydrogen-bond acceptors (Lipinski definition) is 1. The van der Waals surface area contributed by atoms with Crippen molar-refractivity contribution in [2.24, 2.45) is 0 Å². The Morgan fingerprint density at radius 3 is 2.48 bits per heavy atom. The van der Waals surface area contributed by atoms with Crippen LogP contribution in [0.3, 0.4) is 0 Å². The minimum Gasteiger partial charge on any atom is -0.368 e. The monoisotopic (exact) mass is 272 g/mol. The maximum absolute atomic E-state index is 5.92. The molecule has 0 unspecified atom stereocenters. The molecule has 0 saturated carbocycles. The Morgan fingerprint density at radius 1 is 0.857 bits per heavy atom. The number of ether oxygens (including phenoxy) is 1. The molecule has 1 saturated heterocycles. The summed E-state index contributed by atoms with van der Waals surface area (Å²) in [4.78, 5) is 0.